The van der Waals surface area contributed by atoms with Crippen molar-refractivity contribution in [1.29, 1.82) is 0 Å². The van der Waals surface area contributed by atoms with Gasteiger partial charge in [-0.2, -0.15) is 0 Å². The van der Waals surface area contributed by atoms with E-state index in [2.05, 4.69) is 143 Å². The Morgan fingerprint density at radius 3 is 2.19 bits per heavy atom. The van der Waals surface area contributed by atoms with E-state index in [1.807, 2.05) is 0 Å². The number of rotatable bonds is 4. The van der Waals surface area contributed by atoms with Crippen molar-refractivity contribution >= 4 is 33.3 Å². The molecule has 1 nitrogen and oxygen atoms in total. The summed E-state index contributed by atoms with van der Waals surface area (Å²) in [6.45, 7) is 14.2. The van der Waals surface area contributed by atoms with Crippen molar-refractivity contribution in [3.63, 3.8) is 0 Å². The first-order valence-electron chi connectivity index (χ1n) is 14.3. The molecule has 0 spiro atoms. The summed E-state index contributed by atoms with van der Waals surface area (Å²) in [5.74, 6) is 0. The number of fused-ring (bicyclic) bond motifs is 3. The van der Waals surface area contributed by atoms with E-state index in [9.17, 15) is 0 Å². The third kappa shape index (κ3) is 4.81. The van der Waals surface area contributed by atoms with Gasteiger partial charge < -0.3 is 24.8 Å². The Morgan fingerprint density at radius 1 is 0.738 bits per heavy atom. The summed E-state index contributed by atoms with van der Waals surface area (Å²) in [7, 11) is 0. The van der Waals surface area contributed by atoms with Gasteiger partial charge in [-0.3, -0.25) is 0 Å². The van der Waals surface area contributed by atoms with Gasteiger partial charge in [-0.25, -0.2) is 0 Å². The number of aryl methyl sites for hydroxylation is 1. The zero-order chi connectivity index (χ0) is 27.8. The number of hydrogen-bond acceptors (Lipinski definition) is 0. The Morgan fingerprint density at radius 2 is 1.45 bits per heavy atom. The van der Waals surface area contributed by atoms with Crippen LogP contribution in [-0.2, 0) is 23.2 Å². The van der Waals surface area contributed by atoms with Crippen molar-refractivity contribution in [2.24, 2.45) is 5.41 Å². The zero-order valence-corrected chi connectivity index (χ0v) is 29.0. The van der Waals surface area contributed by atoms with E-state index >= 15 is 0 Å². The minimum Gasteiger partial charge on any atom is -1.00 e. The van der Waals surface area contributed by atoms with Crippen molar-refractivity contribution in [3.05, 3.63) is 133 Å². The van der Waals surface area contributed by atoms with Crippen molar-refractivity contribution in [2.75, 3.05) is 0 Å². The van der Waals surface area contributed by atoms with E-state index < -0.39 is 23.2 Å². The van der Waals surface area contributed by atoms with Gasteiger partial charge in [0.2, 0.25) is 0 Å². The normalized spacial score (nSPS) is 17.2. The average Bonchev–Trinajstić information content (AvgIpc) is 3.58. The molecule has 5 aromatic rings. The molecule has 0 bridgehead atoms. The Kier molecular flexibility index (Phi) is 8.41. The standard InChI is InChI=1S/C28H20N.C10H15.2ClH.Zr/c1-19-14-22-7-2-4-8-26(22)27(15-19)24-16-21-10-11-25(18-23(21)17-24)29-13-12-20-6-3-5-9-28(20)29;1-7-6-10(4,5)9(3)8(7)2;;;/h2-18H,1H3;1-5H3;2*1H;/q;;;;+2/p-2. The molecule has 0 aliphatic heterocycles. The molecular formula is C38H35Cl2NZr. The van der Waals surface area contributed by atoms with Crippen LogP contribution in [0.15, 0.2) is 111 Å². The fourth-order valence-corrected chi connectivity index (χ4v) is 12.0. The van der Waals surface area contributed by atoms with Gasteiger partial charge in [0.1, 0.15) is 0 Å². The number of aromatic nitrogens is 1. The molecule has 0 N–H and O–H groups in total. The first-order valence-corrected chi connectivity index (χ1v) is 17.0. The van der Waals surface area contributed by atoms with Gasteiger partial charge in [-0.15, -0.1) is 0 Å². The summed E-state index contributed by atoms with van der Waals surface area (Å²) < 4.78 is 4.58. The van der Waals surface area contributed by atoms with Crippen LogP contribution in [0.2, 0.25) is 0 Å². The topological polar surface area (TPSA) is 4.93 Å². The minimum absolute atomic E-state index is 0. The largest absolute Gasteiger partial charge is 1.00 e. The molecule has 0 amide bonds. The molecule has 210 valence electrons. The molecule has 2 aliphatic rings. The third-order valence-corrected chi connectivity index (χ3v) is 15.0. The summed E-state index contributed by atoms with van der Waals surface area (Å²) in [6, 6.07) is 31.8. The van der Waals surface area contributed by atoms with Crippen LogP contribution in [0.1, 0.15) is 60.5 Å². The monoisotopic (exact) mass is 665 g/mol. The molecule has 0 saturated carbocycles. The summed E-state index contributed by atoms with van der Waals surface area (Å²) in [5.41, 5.74) is 14.5. The second kappa shape index (κ2) is 11.5. The summed E-state index contributed by atoms with van der Waals surface area (Å²) in [4.78, 5) is 0. The summed E-state index contributed by atoms with van der Waals surface area (Å²) in [5, 5.41) is 3.99. The molecule has 4 aromatic carbocycles. The van der Waals surface area contributed by atoms with Crippen LogP contribution >= 0.6 is 0 Å². The van der Waals surface area contributed by atoms with Crippen LogP contribution in [0.5, 0.6) is 0 Å². The molecule has 2 aliphatic carbocycles. The molecular weight excluding hydrogens is 633 g/mol. The molecule has 0 saturated heterocycles. The van der Waals surface area contributed by atoms with E-state index in [4.69, 9.17) is 0 Å². The van der Waals surface area contributed by atoms with Crippen molar-refractivity contribution in [3.8, 4) is 5.69 Å². The van der Waals surface area contributed by atoms with Crippen molar-refractivity contribution < 1.29 is 48.0 Å². The van der Waals surface area contributed by atoms with E-state index in [0.717, 1.165) is 0 Å². The van der Waals surface area contributed by atoms with E-state index in [1.54, 1.807) is 14.4 Å². The molecule has 4 heteroatoms. The van der Waals surface area contributed by atoms with Crippen LogP contribution in [0.4, 0.5) is 0 Å². The zero-order valence-electron chi connectivity index (χ0n) is 25.0. The van der Waals surface area contributed by atoms with Crippen LogP contribution in [0.25, 0.3) is 39.0 Å². The first-order chi connectivity index (χ1) is 19.2. The number of hydrogen-bond donors (Lipinski definition) is 0. The van der Waals surface area contributed by atoms with Crippen molar-refractivity contribution in [2.45, 2.75) is 45.2 Å². The number of halogens is 2. The van der Waals surface area contributed by atoms with E-state index in [0.29, 0.717) is 3.63 Å². The Hall–Kier alpha value is -2.64. The number of benzene rings is 4. The molecule has 1 heterocycles. The molecule has 1 atom stereocenters. The molecule has 0 fully saturated rings. The second-order valence-electron chi connectivity index (χ2n) is 12.1. The van der Waals surface area contributed by atoms with E-state index in [-0.39, 0.29) is 30.2 Å². The summed E-state index contributed by atoms with van der Waals surface area (Å²) >= 11 is -1.08. The Labute approximate surface area is 273 Å². The van der Waals surface area contributed by atoms with Crippen LogP contribution < -0.4 is 24.8 Å². The maximum Gasteiger partial charge on any atom is -1.00 e. The number of allylic oxidation sites excluding steroid dienone is 5. The van der Waals surface area contributed by atoms with Crippen LogP contribution in [0.3, 0.4) is 0 Å². The quantitative estimate of drug-likeness (QED) is 0.268. The van der Waals surface area contributed by atoms with Gasteiger partial charge >= 0.3 is 251 Å². The average molecular weight is 668 g/mol. The Balaban J connectivity index is 0.00000176. The van der Waals surface area contributed by atoms with Gasteiger partial charge in [-0.1, -0.05) is 0 Å². The van der Waals surface area contributed by atoms with Gasteiger partial charge in [0, 0.05) is 0 Å². The first kappa shape index (κ1) is 30.8. The predicted octanol–water partition coefficient (Wildman–Crippen LogP) is 4.43. The number of nitrogens with zero attached hydrogens (tertiary/aromatic N) is 1. The second-order valence-corrected chi connectivity index (χ2v) is 15.5. The molecule has 1 unspecified atom stereocenters. The predicted molar refractivity (Wildman–Crippen MR) is 167 cm³/mol. The Bertz CT molecular complexity index is 1950. The molecule has 42 heavy (non-hydrogen) atoms. The SMILES string of the molecule is CC1=C(C)C(C)(C)[C]([Zr+2][CH]2C(c3cc(C)cc4ccccc34)=Cc3ccc(-n4ccc5ccccc54)cc32)=C1C.[Cl-].[Cl-]. The van der Waals surface area contributed by atoms with Gasteiger partial charge in [-0.05, 0) is 0 Å². The van der Waals surface area contributed by atoms with Gasteiger partial charge in [0.15, 0.2) is 0 Å². The fraction of sp³-hybridized carbons (Fsp3) is 0.211. The van der Waals surface area contributed by atoms with Gasteiger partial charge in [0.05, 0.1) is 0 Å². The third-order valence-electron chi connectivity index (χ3n) is 9.55. The molecule has 0 radical (unpaired) electrons. The van der Waals surface area contributed by atoms with Crippen molar-refractivity contribution in [1.82, 2.24) is 4.57 Å². The van der Waals surface area contributed by atoms with E-state index in [1.165, 1.54) is 60.8 Å². The summed E-state index contributed by atoms with van der Waals surface area (Å²) in [6.07, 6.45) is 4.74. The number of para-hydroxylation sites is 1. The maximum atomic E-state index is 2.52. The van der Waals surface area contributed by atoms with Crippen LogP contribution in [-0.4, -0.2) is 4.57 Å². The minimum atomic E-state index is -1.08. The maximum absolute atomic E-state index is 2.52. The van der Waals surface area contributed by atoms with Crippen LogP contribution in [0, 0.1) is 12.3 Å². The smallest absolute Gasteiger partial charge is 1.00 e. The molecule has 1 aromatic heterocycles. The van der Waals surface area contributed by atoms with Gasteiger partial charge in [0.25, 0.3) is 0 Å². The fourth-order valence-electron chi connectivity index (χ4n) is 6.93. The molecule has 7 rings (SSSR count).